The molecule has 0 spiro atoms. The Balaban J connectivity index is 1.69. The van der Waals surface area contributed by atoms with Gasteiger partial charge in [0.25, 0.3) is 5.91 Å². The van der Waals surface area contributed by atoms with Crippen LogP contribution in [0.3, 0.4) is 0 Å². The summed E-state index contributed by atoms with van der Waals surface area (Å²) < 4.78 is 28.7. The molecule has 1 fully saturated rings. The van der Waals surface area contributed by atoms with E-state index in [9.17, 15) is 9.59 Å². The van der Waals surface area contributed by atoms with E-state index in [0.29, 0.717) is 65.4 Å². The molecule has 9 heteroatoms. The van der Waals surface area contributed by atoms with Crippen LogP contribution < -0.4 is 33.9 Å². The molecule has 1 aliphatic heterocycles. The van der Waals surface area contributed by atoms with Gasteiger partial charge in [0.1, 0.15) is 36.5 Å². The van der Waals surface area contributed by atoms with Crippen molar-refractivity contribution in [2.75, 3.05) is 38.9 Å². The van der Waals surface area contributed by atoms with Crippen molar-refractivity contribution in [2.24, 2.45) is 0 Å². The topological polar surface area (TPSA) is 95.6 Å². The number of nitrogens with zero attached hydrogens (tertiary/aromatic N) is 1. The number of rotatable bonds is 10. The Kier molecular flexibility index (Phi) is 9.36. The van der Waals surface area contributed by atoms with Crippen LogP contribution >= 0.6 is 0 Å². The first-order chi connectivity index (χ1) is 20.5. The Labute approximate surface area is 246 Å². The fourth-order valence-electron chi connectivity index (χ4n) is 5.59. The Hall–Kier alpha value is -4.40. The van der Waals surface area contributed by atoms with E-state index in [0.717, 1.165) is 32.1 Å². The minimum absolute atomic E-state index is 0.0127. The monoisotopic (exact) mass is 574 g/mol. The van der Waals surface area contributed by atoms with Gasteiger partial charge in [-0.2, -0.15) is 0 Å². The van der Waals surface area contributed by atoms with Gasteiger partial charge in [0.15, 0.2) is 11.5 Å². The minimum atomic E-state index is -1.11. The highest BCUT2D eigenvalue weighted by atomic mass is 16.6. The predicted octanol–water partition coefficient (Wildman–Crippen LogP) is 5.71. The lowest BCUT2D eigenvalue weighted by Gasteiger charge is -2.35. The maximum Gasteiger partial charge on any atom is 0.259 e. The van der Waals surface area contributed by atoms with Crippen LogP contribution in [0.1, 0.15) is 61.0 Å². The molecular formula is C33H38N2O7. The number of hydrogen-bond acceptors (Lipinski definition) is 7. The number of carbonyl (C=O) groups excluding carboxylic acids is 2. The molecule has 222 valence electrons. The van der Waals surface area contributed by atoms with Crippen LogP contribution in [0.15, 0.2) is 60.7 Å². The largest absolute Gasteiger partial charge is 0.497 e. The first-order valence-corrected chi connectivity index (χ1v) is 14.5. The van der Waals surface area contributed by atoms with Crippen LogP contribution in [0.25, 0.3) is 0 Å². The molecule has 0 aromatic heterocycles. The van der Waals surface area contributed by atoms with Crippen LogP contribution in [-0.4, -0.2) is 51.9 Å². The van der Waals surface area contributed by atoms with Gasteiger partial charge < -0.3 is 29.0 Å². The van der Waals surface area contributed by atoms with Crippen molar-refractivity contribution in [3.8, 4) is 28.7 Å². The van der Waals surface area contributed by atoms with Crippen LogP contribution in [-0.2, 0) is 4.79 Å². The molecule has 3 aromatic carbocycles. The van der Waals surface area contributed by atoms with Gasteiger partial charge in [-0.15, -0.1) is 0 Å². The number of amides is 2. The van der Waals surface area contributed by atoms with Crippen molar-refractivity contribution in [2.45, 2.75) is 51.1 Å². The van der Waals surface area contributed by atoms with Crippen molar-refractivity contribution < 1.29 is 33.3 Å². The maximum atomic E-state index is 14.7. The third-order valence-electron chi connectivity index (χ3n) is 7.62. The number of ether oxygens (including phenoxy) is 5. The molecule has 1 aliphatic carbocycles. The smallest absolute Gasteiger partial charge is 0.259 e. The molecule has 0 saturated heterocycles. The van der Waals surface area contributed by atoms with Crippen molar-refractivity contribution in [1.29, 1.82) is 0 Å². The second-order valence-corrected chi connectivity index (χ2v) is 10.3. The van der Waals surface area contributed by atoms with Crippen LogP contribution in [0.4, 0.5) is 5.69 Å². The molecule has 1 heterocycles. The average Bonchev–Trinajstić information content (AvgIpc) is 3.03. The average molecular weight is 575 g/mol. The summed E-state index contributed by atoms with van der Waals surface area (Å²) in [5, 5.41) is 3.25. The van der Waals surface area contributed by atoms with E-state index in [-0.39, 0.29) is 11.9 Å². The molecule has 1 atom stereocenters. The van der Waals surface area contributed by atoms with Crippen LogP contribution in [0.2, 0.25) is 0 Å². The molecule has 1 unspecified atom stereocenters. The lowest BCUT2D eigenvalue weighted by atomic mass is 9.94. The van der Waals surface area contributed by atoms with E-state index in [4.69, 9.17) is 23.7 Å². The highest BCUT2D eigenvalue weighted by Crippen LogP contribution is 2.41. The summed E-state index contributed by atoms with van der Waals surface area (Å²) in [7, 11) is 3.10. The van der Waals surface area contributed by atoms with Crippen molar-refractivity contribution in [3.05, 3.63) is 71.8 Å². The van der Waals surface area contributed by atoms with Gasteiger partial charge in [0, 0.05) is 17.2 Å². The number of nitrogens with one attached hydrogen (secondary N) is 1. The number of carbonyl (C=O) groups is 2. The summed E-state index contributed by atoms with van der Waals surface area (Å²) in [6, 6.07) is 16.5. The molecule has 3 aromatic rings. The van der Waals surface area contributed by atoms with Gasteiger partial charge in [0.05, 0.1) is 26.5 Å². The Morgan fingerprint density at radius 1 is 0.905 bits per heavy atom. The molecule has 42 heavy (non-hydrogen) atoms. The fourth-order valence-corrected chi connectivity index (χ4v) is 5.59. The number of para-hydroxylation sites is 2. The lowest BCUT2D eigenvalue weighted by Crippen LogP contribution is -2.47. The van der Waals surface area contributed by atoms with Crippen molar-refractivity contribution in [1.82, 2.24) is 5.32 Å². The molecule has 2 aliphatic rings. The van der Waals surface area contributed by atoms with Gasteiger partial charge in [-0.1, -0.05) is 31.4 Å². The summed E-state index contributed by atoms with van der Waals surface area (Å²) in [6.45, 7) is 3.08. The molecule has 2 amide bonds. The minimum Gasteiger partial charge on any atom is -0.497 e. The van der Waals surface area contributed by atoms with Crippen molar-refractivity contribution >= 4 is 17.5 Å². The molecule has 0 radical (unpaired) electrons. The molecular weight excluding hydrogens is 536 g/mol. The lowest BCUT2D eigenvalue weighted by molar-refractivity contribution is -0.123. The van der Waals surface area contributed by atoms with Crippen molar-refractivity contribution in [3.63, 3.8) is 0 Å². The van der Waals surface area contributed by atoms with E-state index < -0.39 is 11.9 Å². The van der Waals surface area contributed by atoms with E-state index in [2.05, 4.69) is 5.32 Å². The molecule has 0 bridgehead atoms. The first kappa shape index (κ1) is 29.1. The molecule has 5 rings (SSSR count). The van der Waals surface area contributed by atoms with E-state index in [1.54, 1.807) is 62.8 Å². The number of benzene rings is 3. The van der Waals surface area contributed by atoms with Crippen LogP contribution in [0.5, 0.6) is 28.7 Å². The Morgan fingerprint density at radius 2 is 1.67 bits per heavy atom. The van der Waals surface area contributed by atoms with Gasteiger partial charge >= 0.3 is 0 Å². The SMILES string of the molecule is CCOc1ccccc1N(C(=O)c1ccc2c(c1)OCCO2)C(C(=O)NC1CCCCC1)c1cc(OC)ccc1OC. The second-order valence-electron chi connectivity index (χ2n) is 10.3. The van der Waals surface area contributed by atoms with Gasteiger partial charge in [-0.05, 0) is 68.3 Å². The van der Waals surface area contributed by atoms with E-state index in [1.807, 2.05) is 19.1 Å². The third kappa shape index (κ3) is 6.25. The first-order valence-electron chi connectivity index (χ1n) is 14.5. The van der Waals surface area contributed by atoms with E-state index in [1.165, 1.54) is 4.90 Å². The summed E-state index contributed by atoms with van der Waals surface area (Å²) in [5.74, 6) is 1.79. The number of hydrogen-bond donors (Lipinski definition) is 1. The summed E-state index contributed by atoms with van der Waals surface area (Å²) in [5.41, 5.74) is 1.28. The number of fused-ring (bicyclic) bond motifs is 1. The molecule has 9 nitrogen and oxygen atoms in total. The molecule has 1 N–H and O–H groups in total. The Bertz CT molecular complexity index is 1400. The van der Waals surface area contributed by atoms with Gasteiger partial charge in [-0.3, -0.25) is 14.5 Å². The maximum absolute atomic E-state index is 14.7. The normalized spacial score (nSPS) is 15.3. The second kappa shape index (κ2) is 13.5. The zero-order valence-electron chi connectivity index (χ0n) is 24.4. The highest BCUT2D eigenvalue weighted by molar-refractivity contribution is 6.11. The highest BCUT2D eigenvalue weighted by Gasteiger charge is 2.38. The summed E-state index contributed by atoms with van der Waals surface area (Å²) in [4.78, 5) is 30.6. The summed E-state index contributed by atoms with van der Waals surface area (Å²) in [6.07, 6.45) is 5.02. The third-order valence-corrected chi connectivity index (χ3v) is 7.62. The fraction of sp³-hybridized carbons (Fsp3) is 0.394. The standard InChI is InChI=1S/C33H38N2O7/c1-4-40-28-13-9-8-12-26(28)35(33(37)22-14-16-29-30(20-22)42-19-18-41-29)31(32(36)34-23-10-6-5-7-11-23)25-21-24(38-2)15-17-27(25)39-3/h8-9,12-17,20-21,23,31H,4-7,10-11,18-19H2,1-3H3,(H,34,36). The number of anilines is 1. The molecule has 1 saturated carbocycles. The predicted molar refractivity (Wildman–Crippen MR) is 159 cm³/mol. The zero-order valence-corrected chi connectivity index (χ0v) is 24.4. The quantitative estimate of drug-likeness (QED) is 0.331. The summed E-state index contributed by atoms with van der Waals surface area (Å²) >= 11 is 0. The zero-order chi connectivity index (χ0) is 29.5. The Morgan fingerprint density at radius 3 is 2.40 bits per heavy atom. The van der Waals surface area contributed by atoms with Gasteiger partial charge in [-0.25, -0.2) is 0 Å². The van der Waals surface area contributed by atoms with Crippen LogP contribution in [0, 0.1) is 0 Å². The number of methoxy groups -OCH3 is 2. The van der Waals surface area contributed by atoms with Gasteiger partial charge in [0.2, 0.25) is 5.91 Å². The van der Waals surface area contributed by atoms with E-state index >= 15 is 0 Å².